The number of primary sulfonamides is 1. The van der Waals surface area contributed by atoms with Crippen molar-refractivity contribution in [3.8, 4) is 22.5 Å². The van der Waals surface area contributed by atoms with Gasteiger partial charge < -0.3 is 9.67 Å². The molecule has 0 saturated heterocycles. The molecule has 4 rings (SSSR count). The van der Waals surface area contributed by atoms with E-state index in [2.05, 4.69) is 23.5 Å². The van der Waals surface area contributed by atoms with Gasteiger partial charge in [-0.05, 0) is 82.7 Å². The summed E-state index contributed by atoms with van der Waals surface area (Å²) in [6.07, 6.45) is 7.75. The van der Waals surface area contributed by atoms with Gasteiger partial charge in [0.2, 0.25) is 10.0 Å². The van der Waals surface area contributed by atoms with Gasteiger partial charge in [-0.2, -0.15) is 5.10 Å². The molecule has 1 aliphatic rings. The first-order valence-corrected chi connectivity index (χ1v) is 14.1. The number of nitrogens with two attached hydrogens (primary N) is 1. The summed E-state index contributed by atoms with van der Waals surface area (Å²) >= 11 is 0. The van der Waals surface area contributed by atoms with Crippen LogP contribution >= 0.6 is 0 Å². The van der Waals surface area contributed by atoms with Crippen molar-refractivity contribution in [2.24, 2.45) is 11.1 Å². The summed E-state index contributed by atoms with van der Waals surface area (Å²) in [5, 5.41) is 21.2. The van der Waals surface area contributed by atoms with Gasteiger partial charge in [0, 0.05) is 35.7 Å². The Balaban J connectivity index is 1.88. The van der Waals surface area contributed by atoms with Crippen molar-refractivity contribution in [1.29, 1.82) is 0 Å². The zero-order chi connectivity index (χ0) is 25.5. The lowest BCUT2D eigenvalue weighted by Crippen LogP contribution is -2.19. The van der Waals surface area contributed by atoms with Crippen LogP contribution in [0.5, 0.6) is 0 Å². The third kappa shape index (κ3) is 5.25. The van der Waals surface area contributed by atoms with Crippen LogP contribution in [0.25, 0.3) is 22.5 Å². The third-order valence-electron chi connectivity index (χ3n) is 7.20. The highest BCUT2D eigenvalue weighted by molar-refractivity contribution is 7.89. The summed E-state index contributed by atoms with van der Waals surface area (Å²) in [5.41, 5.74) is 3.82. The highest BCUT2D eigenvalue weighted by Crippen LogP contribution is 2.38. The first-order chi connectivity index (χ1) is 16.4. The number of hydrogen-bond donors (Lipinski definition) is 2. The van der Waals surface area contributed by atoms with Gasteiger partial charge in [-0.15, -0.1) is 0 Å². The number of rotatable bonds is 7. The topological polar surface area (TPSA) is 103 Å². The van der Waals surface area contributed by atoms with Crippen molar-refractivity contribution < 1.29 is 13.5 Å². The van der Waals surface area contributed by atoms with Crippen molar-refractivity contribution >= 4 is 10.0 Å². The zero-order valence-electron chi connectivity index (χ0n) is 21.5. The molecule has 2 aromatic heterocycles. The Hall–Kier alpha value is -2.42. The highest BCUT2D eigenvalue weighted by atomic mass is 32.2. The number of sulfonamides is 1. The van der Waals surface area contributed by atoms with Gasteiger partial charge >= 0.3 is 0 Å². The molecule has 1 aromatic carbocycles. The van der Waals surface area contributed by atoms with Crippen LogP contribution in [0.3, 0.4) is 0 Å². The van der Waals surface area contributed by atoms with Gasteiger partial charge in [0.15, 0.2) is 0 Å². The quantitative estimate of drug-likeness (QED) is 0.457. The van der Waals surface area contributed by atoms with E-state index in [1.165, 1.54) is 19.3 Å². The van der Waals surface area contributed by atoms with Crippen LogP contribution in [0.1, 0.15) is 77.1 Å². The molecule has 190 valence electrons. The zero-order valence-corrected chi connectivity index (χ0v) is 22.3. The second-order valence-corrected chi connectivity index (χ2v) is 12.2. The minimum absolute atomic E-state index is 0.162. The van der Waals surface area contributed by atoms with E-state index in [-0.39, 0.29) is 10.9 Å². The van der Waals surface area contributed by atoms with Crippen LogP contribution < -0.4 is 5.14 Å². The maximum Gasteiger partial charge on any atom is 0.239 e. The van der Waals surface area contributed by atoms with Gasteiger partial charge in [0.1, 0.15) is 4.90 Å². The summed E-state index contributed by atoms with van der Waals surface area (Å²) in [4.78, 5) is 0.162. The van der Waals surface area contributed by atoms with E-state index in [4.69, 9.17) is 5.14 Å². The Morgan fingerprint density at radius 1 is 1.11 bits per heavy atom. The average Bonchev–Trinajstić information content (AvgIpc) is 3.39. The van der Waals surface area contributed by atoms with Gasteiger partial charge in [-0.3, -0.25) is 4.68 Å². The van der Waals surface area contributed by atoms with Crippen LogP contribution in [0.4, 0.5) is 0 Å². The molecule has 2 heterocycles. The predicted octanol–water partition coefficient (Wildman–Crippen LogP) is 5.36. The number of aromatic nitrogens is 3. The fourth-order valence-corrected chi connectivity index (χ4v) is 6.18. The Morgan fingerprint density at radius 3 is 2.40 bits per heavy atom. The summed E-state index contributed by atoms with van der Waals surface area (Å²) < 4.78 is 28.8. The molecule has 0 atom stereocenters. The van der Waals surface area contributed by atoms with Crippen LogP contribution in [0, 0.1) is 12.8 Å². The molecule has 0 amide bonds. The van der Waals surface area contributed by atoms with Crippen molar-refractivity contribution in [2.45, 2.75) is 89.8 Å². The predicted molar refractivity (Wildman–Crippen MR) is 139 cm³/mol. The maximum atomic E-state index is 12.4. The van der Waals surface area contributed by atoms with Crippen LogP contribution in [0.2, 0.25) is 0 Å². The van der Waals surface area contributed by atoms with E-state index in [0.717, 1.165) is 47.5 Å². The molecule has 3 aromatic rings. The van der Waals surface area contributed by atoms with E-state index in [0.29, 0.717) is 11.6 Å². The van der Waals surface area contributed by atoms with Gasteiger partial charge in [-0.25, -0.2) is 13.6 Å². The Bertz CT molecular complexity index is 1310. The maximum absolute atomic E-state index is 12.4. The molecule has 0 spiro atoms. The molecule has 0 radical (unpaired) electrons. The number of hydrogen-bond acceptors (Lipinski definition) is 4. The molecule has 35 heavy (non-hydrogen) atoms. The molecular weight excluding hydrogens is 460 g/mol. The lowest BCUT2D eigenvalue weighted by atomic mass is 9.88. The summed E-state index contributed by atoms with van der Waals surface area (Å²) in [5.74, 6) is 0.510. The number of aliphatic hydroxyl groups is 1. The minimum Gasteiger partial charge on any atom is -0.386 e. The van der Waals surface area contributed by atoms with Gasteiger partial charge in [-0.1, -0.05) is 31.4 Å². The average molecular weight is 499 g/mol. The lowest BCUT2D eigenvalue weighted by Gasteiger charge is -2.26. The van der Waals surface area contributed by atoms with Crippen LogP contribution in [-0.4, -0.2) is 27.9 Å². The monoisotopic (exact) mass is 498 g/mol. The standard InChI is InChI=1S/C27H38N4O3S/c1-18(2)31-24(13-14-29-31)22-12-11-21(15-23(22)27(4,5)32)25-16-26(35(28,33)34)19(3)30(25)17-20-9-7-6-8-10-20/h11-16,18,20,32H,6-10,17H2,1-5H3,(H2,28,33,34). The molecule has 0 bridgehead atoms. The van der Waals surface area contributed by atoms with Crippen LogP contribution in [-0.2, 0) is 22.2 Å². The first-order valence-electron chi connectivity index (χ1n) is 12.5. The van der Waals surface area contributed by atoms with Crippen molar-refractivity contribution in [3.05, 3.63) is 47.8 Å². The molecular formula is C27H38N4O3S. The lowest BCUT2D eigenvalue weighted by molar-refractivity contribution is 0.0792. The normalized spacial score (nSPS) is 15.8. The molecule has 0 aliphatic heterocycles. The molecule has 0 unspecified atom stereocenters. The van der Waals surface area contributed by atoms with Crippen molar-refractivity contribution in [1.82, 2.24) is 14.3 Å². The minimum atomic E-state index is -3.86. The summed E-state index contributed by atoms with van der Waals surface area (Å²) in [7, 11) is -3.86. The molecule has 1 fully saturated rings. The fraction of sp³-hybridized carbons (Fsp3) is 0.519. The van der Waals surface area contributed by atoms with E-state index < -0.39 is 15.6 Å². The molecule has 1 saturated carbocycles. The van der Waals surface area contributed by atoms with E-state index in [9.17, 15) is 13.5 Å². The van der Waals surface area contributed by atoms with Crippen molar-refractivity contribution in [3.63, 3.8) is 0 Å². The highest BCUT2D eigenvalue weighted by Gasteiger charge is 2.27. The molecule has 8 heteroatoms. The number of nitrogens with zero attached hydrogens (tertiary/aromatic N) is 3. The third-order valence-corrected chi connectivity index (χ3v) is 8.23. The van der Waals surface area contributed by atoms with E-state index >= 15 is 0 Å². The summed E-state index contributed by atoms with van der Waals surface area (Å²) in [6, 6.07) is 9.80. The first kappa shape index (κ1) is 25.7. The molecule has 1 aliphatic carbocycles. The summed E-state index contributed by atoms with van der Waals surface area (Å²) in [6.45, 7) is 10.3. The van der Waals surface area contributed by atoms with Crippen LogP contribution in [0.15, 0.2) is 41.4 Å². The second-order valence-electron chi connectivity index (χ2n) is 10.7. The largest absolute Gasteiger partial charge is 0.386 e. The van der Waals surface area contributed by atoms with E-state index in [1.54, 1.807) is 26.1 Å². The van der Waals surface area contributed by atoms with E-state index in [1.807, 2.05) is 35.9 Å². The van der Waals surface area contributed by atoms with Gasteiger partial charge in [0.25, 0.3) is 0 Å². The molecule has 7 nitrogen and oxygen atoms in total. The van der Waals surface area contributed by atoms with Crippen molar-refractivity contribution in [2.75, 3.05) is 0 Å². The number of benzene rings is 1. The SMILES string of the molecule is Cc1c(S(N)(=O)=O)cc(-c2ccc(-c3ccnn3C(C)C)c(C(C)(C)O)c2)n1CC1CCCCC1. The van der Waals surface area contributed by atoms with Gasteiger partial charge in [0.05, 0.1) is 11.3 Å². The second kappa shape index (κ2) is 9.56. The molecule has 3 N–H and O–H groups in total. The Kier molecular flexibility index (Phi) is 7.01. The Morgan fingerprint density at radius 2 is 1.80 bits per heavy atom. The smallest absolute Gasteiger partial charge is 0.239 e. The Labute approximate surface area is 209 Å². The fourth-order valence-electron chi connectivity index (χ4n) is 5.38.